The quantitative estimate of drug-likeness (QED) is 0.334. The third-order valence-corrected chi connectivity index (χ3v) is 5.87. The maximum absolute atomic E-state index is 13.8. The number of nitrogens with zero attached hydrogens (tertiary/aromatic N) is 1. The Morgan fingerprint density at radius 1 is 1.05 bits per heavy atom. The molecule has 2 N–H and O–H groups in total. The molecule has 38 heavy (non-hydrogen) atoms. The lowest BCUT2D eigenvalue weighted by Gasteiger charge is -2.37. The van der Waals surface area contributed by atoms with Crippen LogP contribution in [0.4, 0.5) is 0 Å². The second-order valence-corrected chi connectivity index (χ2v) is 10.5. The molecule has 2 atom stereocenters. The van der Waals surface area contributed by atoms with Crippen molar-refractivity contribution in [1.82, 2.24) is 15.5 Å². The van der Waals surface area contributed by atoms with Crippen molar-refractivity contribution >= 4 is 29.8 Å². The first-order valence-electron chi connectivity index (χ1n) is 12.7. The average Bonchev–Trinajstić information content (AvgIpc) is 2.83. The zero-order chi connectivity index (χ0) is 29.2. The number of hydrogen-bond acceptors (Lipinski definition) is 6. The first kappa shape index (κ1) is 32.4. The highest BCUT2D eigenvalue weighted by atomic mass is 16.5. The molecule has 0 heterocycles. The summed E-state index contributed by atoms with van der Waals surface area (Å²) < 4.78 is 10.3. The molecule has 0 saturated heterocycles. The van der Waals surface area contributed by atoms with Crippen LogP contribution >= 0.6 is 0 Å². The van der Waals surface area contributed by atoms with E-state index in [2.05, 4.69) is 10.6 Å². The van der Waals surface area contributed by atoms with Gasteiger partial charge in [-0.25, -0.2) is 4.79 Å². The lowest BCUT2D eigenvalue weighted by Crippen LogP contribution is -2.57. The van der Waals surface area contributed by atoms with Crippen LogP contribution in [0.15, 0.2) is 41.6 Å². The third kappa shape index (κ3) is 9.68. The number of likely N-dealkylation sites (N-methyl/N-ethyl adjacent to an activating group) is 1. The van der Waals surface area contributed by atoms with E-state index in [1.54, 1.807) is 58.3 Å². The predicted molar refractivity (Wildman–Crippen MR) is 148 cm³/mol. The number of carbonyl (C=O) groups excluding carboxylic acids is 4. The van der Waals surface area contributed by atoms with Crippen molar-refractivity contribution in [3.63, 3.8) is 0 Å². The molecule has 210 valence electrons. The summed E-state index contributed by atoms with van der Waals surface area (Å²) in [5.41, 5.74) is 0.409. The van der Waals surface area contributed by atoms with E-state index in [0.29, 0.717) is 16.9 Å². The van der Waals surface area contributed by atoms with Crippen LogP contribution in [-0.2, 0) is 23.9 Å². The van der Waals surface area contributed by atoms with Gasteiger partial charge in [-0.05, 0) is 49.0 Å². The first-order valence-corrected chi connectivity index (χ1v) is 12.7. The number of amides is 3. The fraction of sp³-hybridized carbons (Fsp3) is 0.517. The van der Waals surface area contributed by atoms with Crippen molar-refractivity contribution in [2.75, 3.05) is 20.8 Å². The maximum Gasteiger partial charge on any atom is 0.333 e. The molecule has 0 spiro atoms. The van der Waals surface area contributed by atoms with Crippen LogP contribution in [0, 0.1) is 11.3 Å². The minimum Gasteiger partial charge on any atom is -0.497 e. The molecule has 9 nitrogen and oxygen atoms in total. The molecule has 1 aromatic rings. The number of carbonyl (C=O) groups is 4. The number of esters is 1. The summed E-state index contributed by atoms with van der Waals surface area (Å²) in [4.78, 5) is 52.7. The van der Waals surface area contributed by atoms with Gasteiger partial charge in [-0.2, -0.15) is 0 Å². The molecule has 0 saturated carbocycles. The largest absolute Gasteiger partial charge is 0.497 e. The van der Waals surface area contributed by atoms with Crippen LogP contribution in [0.5, 0.6) is 5.75 Å². The molecule has 0 radical (unpaired) electrons. The number of nitrogens with one attached hydrogen (secondary N) is 2. The van der Waals surface area contributed by atoms with Crippen LogP contribution in [0.1, 0.15) is 61.0 Å². The van der Waals surface area contributed by atoms with Crippen LogP contribution in [-0.4, -0.2) is 61.4 Å². The van der Waals surface area contributed by atoms with Gasteiger partial charge in [-0.15, -0.1) is 0 Å². The van der Waals surface area contributed by atoms with E-state index in [4.69, 9.17) is 9.47 Å². The molecule has 1 rings (SSSR count). The minimum absolute atomic E-state index is 0.00540. The molecule has 0 fully saturated rings. The fourth-order valence-electron chi connectivity index (χ4n) is 3.74. The highest BCUT2D eigenvalue weighted by molar-refractivity contribution is 6.03. The van der Waals surface area contributed by atoms with Crippen molar-refractivity contribution in [2.24, 2.45) is 11.3 Å². The van der Waals surface area contributed by atoms with Gasteiger partial charge in [0.15, 0.2) is 0 Å². The van der Waals surface area contributed by atoms with E-state index in [0.717, 1.165) is 0 Å². The van der Waals surface area contributed by atoms with Gasteiger partial charge in [0.1, 0.15) is 17.5 Å². The summed E-state index contributed by atoms with van der Waals surface area (Å²) in [6.45, 7) is 14.4. The Kier molecular flexibility index (Phi) is 12.2. The van der Waals surface area contributed by atoms with E-state index < -0.39 is 35.3 Å². The van der Waals surface area contributed by atoms with Crippen molar-refractivity contribution < 1.29 is 28.7 Å². The monoisotopic (exact) mass is 529 g/mol. The molecule has 3 amide bonds. The first-order chi connectivity index (χ1) is 17.6. The standard InChI is InChI=1S/C29H43N3O6/c1-11-38-28(36)19(4)16-24(18(2)3)32(9)27(35)25(29(6,7)8)31-26(34)23(30-20(5)33)17-21-12-14-22(37-10)15-13-21/h12-18,24-25H,11H2,1-10H3,(H,30,33)(H,31,34)/b19-16+,23-17-/t24-,25-/m1/s1. The Morgan fingerprint density at radius 2 is 1.63 bits per heavy atom. The number of hydrogen-bond donors (Lipinski definition) is 2. The number of ether oxygens (including phenoxy) is 2. The fourth-order valence-corrected chi connectivity index (χ4v) is 3.74. The van der Waals surface area contributed by atoms with E-state index in [1.807, 2.05) is 34.6 Å². The minimum atomic E-state index is -0.925. The van der Waals surface area contributed by atoms with Crippen LogP contribution in [0.3, 0.4) is 0 Å². The Morgan fingerprint density at radius 3 is 2.08 bits per heavy atom. The number of benzene rings is 1. The van der Waals surface area contributed by atoms with Crippen molar-refractivity contribution in [3.8, 4) is 5.75 Å². The normalized spacial score (nSPS) is 13.9. The van der Waals surface area contributed by atoms with Crippen LogP contribution in [0.2, 0.25) is 0 Å². The molecule has 1 aromatic carbocycles. The summed E-state index contributed by atoms with van der Waals surface area (Å²) in [5, 5.41) is 5.39. The SMILES string of the molecule is CCOC(=O)/C(C)=C/[C@H](C(C)C)N(C)C(=O)[C@@H](NC(=O)/C(=C/c1ccc(OC)cc1)NC(C)=O)C(C)(C)C. The molecule has 0 aliphatic rings. The molecule has 9 heteroatoms. The molecule has 0 bridgehead atoms. The topological polar surface area (TPSA) is 114 Å². The molecule has 0 aromatic heterocycles. The lowest BCUT2D eigenvalue weighted by atomic mass is 9.85. The van der Waals surface area contributed by atoms with Gasteiger partial charge in [0.05, 0.1) is 19.8 Å². The lowest BCUT2D eigenvalue weighted by molar-refractivity contribution is -0.140. The number of rotatable bonds is 11. The summed E-state index contributed by atoms with van der Waals surface area (Å²) >= 11 is 0. The average molecular weight is 530 g/mol. The molecule has 0 aliphatic heterocycles. The Labute approximate surface area is 226 Å². The third-order valence-electron chi connectivity index (χ3n) is 5.87. The van der Waals surface area contributed by atoms with Crippen molar-refractivity contribution in [3.05, 3.63) is 47.2 Å². The van der Waals surface area contributed by atoms with Gasteiger partial charge in [-0.3, -0.25) is 14.4 Å². The van der Waals surface area contributed by atoms with Crippen LogP contribution < -0.4 is 15.4 Å². The van der Waals surface area contributed by atoms with Gasteiger partial charge in [0, 0.05) is 19.5 Å². The Balaban J connectivity index is 3.34. The highest BCUT2D eigenvalue weighted by Gasteiger charge is 2.37. The van der Waals surface area contributed by atoms with Gasteiger partial charge in [0.2, 0.25) is 11.8 Å². The van der Waals surface area contributed by atoms with Crippen molar-refractivity contribution in [2.45, 2.75) is 67.5 Å². The van der Waals surface area contributed by atoms with Gasteiger partial charge >= 0.3 is 5.97 Å². The molecular formula is C29H43N3O6. The summed E-state index contributed by atoms with van der Waals surface area (Å²) in [7, 11) is 3.20. The maximum atomic E-state index is 13.8. The van der Waals surface area contributed by atoms with Gasteiger partial charge in [0.25, 0.3) is 5.91 Å². The smallest absolute Gasteiger partial charge is 0.333 e. The van der Waals surface area contributed by atoms with E-state index >= 15 is 0 Å². The summed E-state index contributed by atoms with van der Waals surface area (Å²) in [6.07, 6.45) is 3.25. The van der Waals surface area contributed by atoms with E-state index in [9.17, 15) is 19.2 Å². The predicted octanol–water partition coefficient (Wildman–Crippen LogP) is 3.70. The van der Waals surface area contributed by atoms with Crippen LogP contribution in [0.25, 0.3) is 6.08 Å². The van der Waals surface area contributed by atoms with E-state index in [-0.39, 0.29) is 24.1 Å². The Hall–Kier alpha value is -3.62. The molecular weight excluding hydrogens is 486 g/mol. The van der Waals surface area contributed by atoms with Gasteiger partial charge < -0.3 is 25.0 Å². The second-order valence-electron chi connectivity index (χ2n) is 10.5. The van der Waals surface area contributed by atoms with Gasteiger partial charge in [-0.1, -0.05) is 52.8 Å². The number of methoxy groups -OCH3 is 1. The molecule has 0 aliphatic carbocycles. The highest BCUT2D eigenvalue weighted by Crippen LogP contribution is 2.24. The van der Waals surface area contributed by atoms with E-state index in [1.165, 1.54) is 17.9 Å². The summed E-state index contributed by atoms with van der Waals surface area (Å²) in [5.74, 6) is -1.16. The molecule has 0 unspecified atom stereocenters. The zero-order valence-corrected chi connectivity index (χ0v) is 24.3. The summed E-state index contributed by atoms with van der Waals surface area (Å²) in [6, 6.07) is 5.63. The zero-order valence-electron chi connectivity index (χ0n) is 24.3. The second kappa shape index (κ2) is 14.4. The van der Waals surface area contributed by atoms with Crippen molar-refractivity contribution in [1.29, 1.82) is 0 Å². The Bertz CT molecular complexity index is 1050.